The number of urea groups is 1. The highest BCUT2D eigenvalue weighted by Crippen LogP contribution is 2.35. The first-order chi connectivity index (χ1) is 14.3. The van der Waals surface area contributed by atoms with Crippen molar-refractivity contribution in [3.05, 3.63) is 34.7 Å². The van der Waals surface area contributed by atoms with Gasteiger partial charge in [-0.25, -0.2) is 18.6 Å². The largest absolute Gasteiger partial charge is 0.325 e. The lowest BCUT2D eigenvalue weighted by atomic mass is 9.98. The Kier molecular flexibility index (Phi) is 5.27. The van der Waals surface area contributed by atoms with Crippen molar-refractivity contribution in [2.45, 2.75) is 44.6 Å². The molecule has 2 N–H and O–H groups in total. The van der Waals surface area contributed by atoms with E-state index in [0.29, 0.717) is 29.2 Å². The number of aromatic nitrogens is 1. The maximum atomic E-state index is 13.5. The molecular weight excluding hydrogens is 414 g/mol. The summed E-state index contributed by atoms with van der Waals surface area (Å²) in [6.07, 6.45) is 2.99. The smallest absolute Gasteiger partial charge is 0.323 e. The molecule has 10 heteroatoms. The number of anilines is 1. The van der Waals surface area contributed by atoms with E-state index in [4.69, 9.17) is 0 Å². The molecule has 30 heavy (non-hydrogen) atoms. The Morgan fingerprint density at radius 2 is 2.00 bits per heavy atom. The monoisotopic (exact) mass is 434 g/mol. The van der Waals surface area contributed by atoms with Gasteiger partial charge in [0.25, 0.3) is 5.91 Å². The molecular formula is C20H20F2N4O3S. The second-order valence-electron chi connectivity index (χ2n) is 7.53. The first-order valence-electron chi connectivity index (χ1n) is 9.66. The van der Waals surface area contributed by atoms with Crippen LogP contribution in [0.4, 0.5) is 18.7 Å². The van der Waals surface area contributed by atoms with Crippen LogP contribution < -0.4 is 10.6 Å². The number of nitrogens with zero attached hydrogens (tertiary/aromatic N) is 2. The summed E-state index contributed by atoms with van der Waals surface area (Å²) in [7, 11) is 0. The van der Waals surface area contributed by atoms with Crippen molar-refractivity contribution in [1.82, 2.24) is 15.2 Å². The number of halogens is 2. The highest BCUT2D eigenvalue weighted by molar-refractivity contribution is 7.16. The highest BCUT2D eigenvalue weighted by atomic mass is 32.1. The van der Waals surface area contributed by atoms with Crippen LogP contribution in [0.5, 0.6) is 0 Å². The second-order valence-corrected chi connectivity index (χ2v) is 8.73. The van der Waals surface area contributed by atoms with E-state index < -0.39 is 29.1 Å². The van der Waals surface area contributed by atoms with E-state index in [1.165, 1.54) is 17.4 Å². The molecule has 1 saturated carbocycles. The fraction of sp³-hybridized carbons (Fsp3) is 0.400. The molecule has 1 aliphatic heterocycles. The number of aryl methyl sites for hydroxylation is 1. The number of imide groups is 1. The number of benzene rings is 1. The van der Waals surface area contributed by atoms with Gasteiger partial charge in [-0.05, 0) is 38.0 Å². The molecule has 4 amide bonds. The number of hydrogen-bond acceptors (Lipinski definition) is 5. The number of carbonyl (C=O) groups excluding carboxylic acids is 3. The lowest BCUT2D eigenvalue weighted by Gasteiger charge is -2.19. The Labute approximate surface area is 175 Å². The van der Waals surface area contributed by atoms with Crippen LogP contribution in [0.1, 0.15) is 37.0 Å². The molecule has 0 atom stereocenters. The zero-order valence-electron chi connectivity index (χ0n) is 16.3. The zero-order chi connectivity index (χ0) is 21.5. The number of nitrogens with one attached hydrogen (secondary N) is 2. The van der Waals surface area contributed by atoms with Crippen LogP contribution >= 0.6 is 11.3 Å². The molecule has 0 bridgehead atoms. The SMILES string of the molecule is Cc1sc(NC(=O)CCN2C(=O)NC3(CCCC3)C2=O)nc1-c1ccc(F)c(F)c1. The Morgan fingerprint density at radius 1 is 1.27 bits per heavy atom. The van der Waals surface area contributed by atoms with E-state index in [2.05, 4.69) is 15.6 Å². The number of hydrogen-bond donors (Lipinski definition) is 2. The Bertz CT molecular complexity index is 1030. The summed E-state index contributed by atoms with van der Waals surface area (Å²) in [5.41, 5.74) is 0.0649. The number of carbonyl (C=O) groups is 3. The van der Waals surface area contributed by atoms with Gasteiger partial charge in [-0.15, -0.1) is 11.3 Å². The van der Waals surface area contributed by atoms with Crippen LogP contribution in [-0.2, 0) is 9.59 Å². The minimum Gasteiger partial charge on any atom is -0.323 e. The summed E-state index contributed by atoms with van der Waals surface area (Å²) >= 11 is 1.20. The summed E-state index contributed by atoms with van der Waals surface area (Å²) in [6, 6.07) is 3.04. The molecule has 158 valence electrons. The van der Waals surface area contributed by atoms with E-state index in [0.717, 1.165) is 34.8 Å². The molecule has 7 nitrogen and oxygen atoms in total. The van der Waals surface area contributed by atoms with Crippen molar-refractivity contribution >= 4 is 34.3 Å². The lowest BCUT2D eigenvalue weighted by Crippen LogP contribution is -2.44. The Hall–Kier alpha value is -2.88. The highest BCUT2D eigenvalue weighted by Gasteiger charge is 2.52. The van der Waals surface area contributed by atoms with Crippen molar-refractivity contribution in [2.24, 2.45) is 0 Å². The standard InChI is InChI=1S/C20H20F2N4O3S/c1-11-16(12-4-5-13(21)14(22)10-12)24-18(30-11)23-15(27)6-9-26-17(28)20(25-19(26)29)7-2-3-8-20/h4-5,10H,2-3,6-9H2,1H3,(H,25,29)(H,23,24,27). The summed E-state index contributed by atoms with van der Waals surface area (Å²) < 4.78 is 26.7. The molecule has 1 saturated heterocycles. The van der Waals surface area contributed by atoms with Crippen LogP contribution in [-0.4, -0.2) is 39.8 Å². The molecule has 2 fully saturated rings. The minimum absolute atomic E-state index is 0.0152. The van der Waals surface area contributed by atoms with Crippen LogP contribution in [0.2, 0.25) is 0 Å². The van der Waals surface area contributed by atoms with Gasteiger partial charge in [0, 0.05) is 23.4 Å². The van der Waals surface area contributed by atoms with Gasteiger partial charge in [0.05, 0.1) is 5.69 Å². The number of rotatable bonds is 5. The molecule has 4 rings (SSSR count). The molecule has 2 aromatic rings. The van der Waals surface area contributed by atoms with E-state index >= 15 is 0 Å². The van der Waals surface area contributed by atoms with E-state index in [9.17, 15) is 23.2 Å². The van der Waals surface area contributed by atoms with Gasteiger partial charge in [-0.1, -0.05) is 12.8 Å². The third-order valence-electron chi connectivity index (χ3n) is 5.50. The Balaban J connectivity index is 1.38. The molecule has 2 heterocycles. The van der Waals surface area contributed by atoms with Crippen LogP contribution in [0.25, 0.3) is 11.3 Å². The fourth-order valence-corrected chi connectivity index (χ4v) is 4.80. The van der Waals surface area contributed by atoms with E-state index in [-0.39, 0.29) is 18.9 Å². The van der Waals surface area contributed by atoms with Crippen molar-refractivity contribution < 1.29 is 23.2 Å². The quantitative estimate of drug-likeness (QED) is 0.704. The molecule has 2 aliphatic rings. The average Bonchev–Trinajstić information content (AvgIpc) is 3.36. The minimum atomic E-state index is -0.973. The third kappa shape index (κ3) is 3.67. The van der Waals surface area contributed by atoms with Crippen LogP contribution in [0.3, 0.4) is 0 Å². The van der Waals surface area contributed by atoms with Crippen molar-refractivity contribution in [3.63, 3.8) is 0 Å². The van der Waals surface area contributed by atoms with Gasteiger partial charge in [-0.3, -0.25) is 14.5 Å². The van der Waals surface area contributed by atoms with Crippen LogP contribution in [0, 0.1) is 18.6 Å². The predicted molar refractivity (Wildman–Crippen MR) is 107 cm³/mol. The van der Waals surface area contributed by atoms with Gasteiger partial charge < -0.3 is 10.6 Å². The Morgan fingerprint density at radius 3 is 2.70 bits per heavy atom. The maximum Gasteiger partial charge on any atom is 0.325 e. The first-order valence-corrected chi connectivity index (χ1v) is 10.5. The van der Waals surface area contributed by atoms with Crippen molar-refractivity contribution in [2.75, 3.05) is 11.9 Å². The molecule has 0 radical (unpaired) electrons. The summed E-state index contributed by atoms with van der Waals surface area (Å²) in [5.74, 6) is -2.57. The average molecular weight is 434 g/mol. The van der Waals surface area contributed by atoms with Crippen LogP contribution in [0.15, 0.2) is 18.2 Å². The fourth-order valence-electron chi connectivity index (χ4n) is 3.95. The zero-order valence-corrected chi connectivity index (χ0v) is 17.1. The summed E-state index contributed by atoms with van der Waals surface area (Å²) in [5, 5.41) is 5.73. The van der Waals surface area contributed by atoms with E-state index in [1.807, 2.05) is 0 Å². The molecule has 1 aliphatic carbocycles. The summed E-state index contributed by atoms with van der Waals surface area (Å²) in [6.45, 7) is 1.75. The molecule has 1 aromatic heterocycles. The van der Waals surface area contributed by atoms with Gasteiger partial charge in [-0.2, -0.15) is 0 Å². The molecule has 1 spiro atoms. The van der Waals surface area contributed by atoms with Gasteiger partial charge >= 0.3 is 6.03 Å². The number of thiazole rings is 1. The number of amides is 4. The third-order valence-corrected chi connectivity index (χ3v) is 6.39. The van der Waals surface area contributed by atoms with Gasteiger partial charge in [0.2, 0.25) is 5.91 Å². The summed E-state index contributed by atoms with van der Waals surface area (Å²) in [4.78, 5) is 43.2. The van der Waals surface area contributed by atoms with Crippen molar-refractivity contribution in [3.8, 4) is 11.3 Å². The normalized spacial score (nSPS) is 17.6. The van der Waals surface area contributed by atoms with Gasteiger partial charge in [0.1, 0.15) is 5.54 Å². The maximum absolute atomic E-state index is 13.5. The first kappa shape index (κ1) is 20.4. The lowest BCUT2D eigenvalue weighted by molar-refractivity contribution is -0.131. The topological polar surface area (TPSA) is 91.4 Å². The second kappa shape index (κ2) is 7.75. The van der Waals surface area contributed by atoms with Gasteiger partial charge in [0.15, 0.2) is 16.8 Å². The molecule has 0 unspecified atom stereocenters. The molecule has 1 aromatic carbocycles. The predicted octanol–water partition coefficient (Wildman–Crippen LogP) is 3.59. The van der Waals surface area contributed by atoms with Crippen molar-refractivity contribution in [1.29, 1.82) is 0 Å². The van der Waals surface area contributed by atoms with E-state index in [1.54, 1.807) is 6.92 Å².